The number of rotatable bonds is 4. The molecule has 3 aromatic heterocycles. The molecule has 0 spiro atoms. The first-order valence-corrected chi connectivity index (χ1v) is 11.5. The molecule has 2 aliphatic rings. The smallest absolute Gasteiger partial charge is 0.259 e. The van der Waals surface area contributed by atoms with E-state index in [1.54, 1.807) is 6.33 Å². The number of nitrogens with one attached hydrogen (secondary N) is 1. The van der Waals surface area contributed by atoms with Crippen LogP contribution in [0.2, 0.25) is 0 Å². The number of aromatic amines is 1. The Hall–Kier alpha value is -3.66. The molecule has 10 heteroatoms. The lowest BCUT2D eigenvalue weighted by Gasteiger charge is -2.47. The van der Waals surface area contributed by atoms with Gasteiger partial charge in [-0.2, -0.15) is 0 Å². The summed E-state index contributed by atoms with van der Waals surface area (Å²) in [6.07, 6.45) is 8.90. The van der Waals surface area contributed by atoms with E-state index in [1.807, 2.05) is 24.5 Å². The average molecular weight is 479 g/mol. The number of nitrogens with zero attached hydrogens (tertiary/aromatic N) is 5. The lowest BCUT2D eigenvalue weighted by Crippen LogP contribution is -2.56. The van der Waals surface area contributed by atoms with Crippen LogP contribution in [0, 0.1) is 23.5 Å². The molecule has 0 unspecified atom stereocenters. The van der Waals surface area contributed by atoms with Crippen LogP contribution in [0.1, 0.15) is 23.2 Å². The standard InChI is InChI=1S/C25H22F3N6O/c26-19-1-2-20(27)22(28)21(19)25(35)32-9-5-16(6-10-32)34-12-17(13-34)33-8-4-15(11-33)23-18-3-7-29-24(18)31-14-30-23/h1-4,7-8,11,14,16H,5-6,9-10,12-13H2,(H,29,30,31). The summed E-state index contributed by atoms with van der Waals surface area (Å²) in [4.78, 5) is 28.2. The number of carbonyl (C=O) groups excluding carboxylic acids is 1. The summed E-state index contributed by atoms with van der Waals surface area (Å²) in [6, 6.07) is 7.02. The number of likely N-dealkylation sites (tertiary alicyclic amines) is 2. The van der Waals surface area contributed by atoms with E-state index in [0.717, 1.165) is 41.4 Å². The van der Waals surface area contributed by atoms with Gasteiger partial charge in [-0.05, 0) is 37.1 Å². The highest BCUT2D eigenvalue weighted by molar-refractivity contribution is 5.95. The van der Waals surface area contributed by atoms with Gasteiger partial charge in [0.05, 0.1) is 11.7 Å². The summed E-state index contributed by atoms with van der Waals surface area (Å²) in [5.41, 5.74) is 1.89. The van der Waals surface area contributed by atoms with E-state index >= 15 is 0 Å². The van der Waals surface area contributed by atoms with Crippen molar-refractivity contribution in [2.24, 2.45) is 0 Å². The van der Waals surface area contributed by atoms with Crippen LogP contribution in [0.15, 0.2) is 49.2 Å². The number of piperidine rings is 1. The minimum atomic E-state index is -1.43. The van der Waals surface area contributed by atoms with Gasteiger partial charge in [-0.1, -0.05) is 0 Å². The molecule has 5 heterocycles. The third-order valence-electron chi connectivity index (χ3n) is 6.98. The van der Waals surface area contributed by atoms with Gasteiger partial charge in [-0.3, -0.25) is 9.69 Å². The normalized spacial score (nSPS) is 17.7. The highest BCUT2D eigenvalue weighted by Crippen LogP contribution is 2.31. The molecule has 0 saturated carbocycles. The molecule has 179 valence electrons. The summed E-state index contributed by atoms with van der Waals surface area (Å²) in [5, 5.41) is 0.977. The molecule has 1 radical (unpaired) electrons. The van der Waals surface area contributed by atoms with Gasteiger partial charge in [0.15, 0.2) is 11.6 Å². The van der Waals surface area contributed by atoms with Gasteiger partial charge in [-0.15, -0.1) is 0 Å². The highest BCUT2D eigenvalue weighted by atomic mass is 19.2. The van der Waals surface area contributed by atoms with E-state index in [4.69, 9.17) is 0 Å². The maximum atomic E-state index is 14.0. The zero-order valence-electron chi connectivity index (χ0n) is 18.7. The molecule has 7 nitrogen and oxygen atoms in total. The number of hydrogen-bond donors (Lipinski definition) is 1. The average Bonchev–Trinajstić information content (AvgIpc) is 3.51. The van der Waals surface area contributed by atoms with E-state index in [2.05, 4.69) is 30.6 Å². The SMILES string of the molecule is O=C(c1c(F)ccc(F)c1F)N1CCC(N2C[C](n3ccc(-c4ncnc5[nH]ccc45)c3)C2)CC1. The van der Waals surface area contributed by atoms with Crippen LogP contribution in [0.25, 0.3) is 22.3 Å². The van der Waals surface area contributed by atoms with Gasteiger partial charge in [0.25, 0.3) is 5.91 Å². The third-order valence-corrected chi connectivity index (χ3v) is 6.98. The molecular weight excluding hydrogens is 457 g/mol. The van der Waals surface area contributed by atoms with Crippen molar-refractivity contribution >= 4 is 16.9 Å². The van der Waals surface area contributed by atoms with E-state index < -0.39 is 28.9 Å². The number of H-pyrrole nitrogens is 1. The number of carbonyl (C=O) groups is 1. The molecule has 0 atom stereocenters. The number of aromatic nitrogens is 4. The van der Waals surface area contributed by atoms with Crippen LogP contribution in [-0.2, 0) is 0 Å². The molecule has 6 rings (SSSR count). The van der Waals surface area contributed by atoms with E-state index in [1.165, 1.54) is 10.9 Å². The van der Waals surface area contributed by atoms with Gasteiger partial charge >= 0.3 is 0 Å². The van der Waals surface area contributed by atoms with Crippen LogP contribution < -0.4 is 0 Å². The first-order valence-electron chi connectivity index (χ1n) is 11.5. The third kappa shape index (κ3) is 3.78. The maximum Gasteiger partial charge on any atom is 0.259 e. The van der Waals surface area contributed by atoms with Gasteiger partial charge in [0.1, 0.15) is 23.4 Å². The maximum absolute atomic E-state index is 14.0. The fraction of sp³-hybridized carbons (Fsp3) is 0.280. The monoisotopic (exact) mass is 479 g/mol. The van der Waals surface area contributed by atoms with Gasteiger partial charge in [-0.25, -0.2) is 23.1 Å². The lowest BCUT2D eigenvalue weighted by atomic mass is 9.96. The van der Waals surface area contributed by atoms with Crippen molar-refractivity contribution < 1.29 is 18.0 Å². The first kappa shape index (κ1) is 21.8. The minimum Gasteiger partial charge on any atom is -0.346 e. The van der Waals surface area contributed by atoms with Crippen molar-refractivity contribution in [3.05, 3.63) is 78.2 Å². The number of benzene rings is 1. The van der Waals surface area contributed by atoms with Crippen LogP contribution in [0.5, 0.6) is 0 Å². The molecule has 2 fully saturated rings. The van der Waals surface area contributed by atoms with E-state index in [-0.39, 0.29) is 6.04 Å². The predicted octanol–water partition coefficient (Wildman–Crippen LogP) is 3.84. The van der Waals surface area contributed by atoms with Crippen molar-refractivity contribution in [3.8, 4) is 11.3 Å². The van der Waals surface area contributed by atoms with Crippen LogP contribution in [0.3, 0.4) is 0 Å². The quantitative estimate of drug-likeness (QED) is 0.452. The Kier molecular flexibility index (Phi) is 5.32. The second-order valence-corrected chi connectivity index (χ2v) is 8.98. The summed E-state index contributed by atoms with van der Waals surface area (Å²) in [5.74, 6) is -4.48. The highest BCUT2D eigenvalue weighted by Gasteiger charge is 2.37. The molecule has 4 aromatic rings. The molecular formula is C25H22F3N6O. The largest absolute Gasteiger partial charge is 0.346 e. The predicted molar refractivity (Wildman–Crippen MR) is 123 cm³/mol. The summed E-state index contributed by atoms with van der Waals surface area (Å²) < 4.78 is 43.7. The van der Waals surface area contributed by atoms with Crippen LogP contribution >= 0.6 is 0 Å². The van der Waals surface area contributed by atoms with Crippen molar-refractivity contribution in [2.45, 2.75) is 18.9 Å². The number of amides is 1. The van der Waals surface area contributed by atoms with Crippen LogP contribution in [0.4, 0.5) is 13.2 Å². The molecule has 1 aromatic carbocycles. The van der Waals surface area contributed by atoms with Crippen molar-refractivity contribution in [2.75, 3.05) is 26.2 Å². The second-order valence-electron chi connectivity index (χ2n) is 8.98. The summed E-state index contributed by atoms with van der Waals surface area (Å²) >= 11 is 0. The molecule has 2 saturated heterocycles. The Morgan fingerprint density at radius 3 is 2.57 bits per heavy atom. The molecule has 1 N–H and O–H groups in total. The van der Waals surface area contributed by atoms with Crippen LogP contribution in [-0.4, -0.2) is 67.4 Å². The second kappa shape index (κ2) is 8.53. The van der Waals surface area contributed by atoms with Crippen molar-refractivity contribution in [3.63, 3.8) is 0 Å². The number of fused-ring (bicyclic) bond motifs is 1. The Balaban J connectivity index is 1.06. The summed E-state index contributed by atoms with van der Waals surface area (Å²) in [7, 11) is 0. The zero-order chi connectivity index (χ0) is 24.1. The zero-order valence-corrected chi connectivity index (χ0v) is 18.7. The fourth-order valence-corrected chi connectivity index (χ4v) is 5.00. The van der Waals surface area contributed by atoms with E-state index in [0.29, 0.717) is 32.0 Å². The van der Waals surface area contributed by atoms with E-state index in [9.17, 15) is 18.0 Å². The van der Waals surface area contributed by atoms with Crippen molar-refractivity contribution in [1.82, 2.24) is 29.3 Å². The topological polar surface area (TPSA) is 70.1 Å². The molecule has 0 aliphatic carbocycles. The Bertz CT molecular complexity index is 1400. The summed E-state index contributed by atoms with van der Waals surface area (Å²) in [6.45, 7) is 2.37. The Labute approximate surface area is 199 Å². The first-order chi connectivity index (χ1) is 17.0. The molecule has 0 bridgehead atoms. The molecule has 2 aliphatic heterocycles. The Morgan fingerprint density at radius 1 is 1.00 bits per heavy atom. The molecule has 35 heavy (non-hydrogen) atoms. The number of halogens is 3. The lowest BCUT2D eigenvalue weighted by molar-refractivity contribution is 0.0515. The Morgan fingerprint density at radius 2 is 1.77 bits per heavy atom. The fourth-order valence-electron chi connectivity index (χ4n) is 5.00. The van der Waals surface area contributed by atoms with Gasteiger partial charge in [0.2, 0.25) is 0 Å². The van der Waals surface area contributed by atoms with Gasteiger partial charge < -0.3 is 14.5 Å². The van der Waals surface area contributed by atoms with Crippen molar-refractivity contribution in [1.29, 1.82) is 0 Å². The number of hydrogen-bond acceptors (Lipinski definition) is 4. The molecule has 1 amide bonds. The van der Waals surface area contributed by atoms with Gasteiger partial charge in [0, 0.05) is 61.8 Å². The minimum absolute atomic E-state index is 0.279.